The summed E-state index contributed by atoms with van der Waals surface area (Å²) < 4.78 is 0. The van der Waals surface area contributed by atoms with E-state index in [1.54, 1.807) is 0 Å². The summed E-state index contributed by atoms with van der Waals surface area (Å²) in [6, 6.07) is 0.392. The first kappa shape index (κ1) is 21.8. The van der Waals surface area contributed by atoms with Crippen molar-refractivity contribution in [2.75, 3.05) is 14.1 Å². The van der Waals surface area contributed by atoms with Crippen LogP contribution >= 0.6 is 24.0 Å². The molecular weight excluding hydrogens is 281 g/mol. The van der Waals surface area contributed by atoms with Crippen molar-refractivity contribution in [3.05, 3.63) is 0 Å². The number of rotatable bonds is 11. The van der Waals surface area contributed by atoms with Crippen molar-refractivity contribution < 1.29 is 5.11 Å². The van der Waals surface area contributed by atoms with Crippen LogP contribution in [-0.2, 0) is 0 Å². The fourth-order valence-electron chi connectivity index (χ4n) is 2.29. The minimum absolute atomic E-state index is 0. The fourth-order valence-corrected chi connectivity index (χ4v) is 2.65. The average Bonchev–Trinajstić information content (AvgIpc) is 2.27. The first-order valence-corrected chi connectivity index (χ1v) is 7.89. The summed E-state index contributed by atoms with van der Waals surface area (Å²) in [5.74, 6) is 0. The molecule has 0 aliphatic rings. The van der Waals surface area contributed by atoms with Gasteiger partial charge in [-0.3, -0.25) is 0 Å². The van der Waals surface area contributed by atoms with E-state index in [0.717, 1.165) is 19.3 Å². The van der Waals surface area contributed by atoms with Gasteiger partial charge in [-0.05, 0) is 40.3 Å². The molecule has 0 aliphatic heterocycles. The van der Waals surface area contributed by atoms with E-state index >= 15 is 0 Å². The molecule has 0 heterocycles. The van der Waals surface area contributed by atoms with Crippen LogP contribution in [0, 0.1) is 0 Å². The molecule has 19 heavy (non-hydrogen) atoms. The molecule has 0 aromatic rings. The molecule has 0 aromatic carbocycles. The van der Waals surface area contributed by atoms with E-state index in [0.29, 0.717) is 6.04 Å². The molecule has 2 nitrogen and oxygen atoms in total. The first-order valence-electron chi connectivity index (χ1n) is 7.45. The summed E-state index contributed by atoms with van der Waals surface area (Å²) in [6.07, 6.45) is 9.17. The van der Waals surface area contributed by atoms with E-state index < -0.39 is 0 Å². The Morgan fingerprint density at radius 1 is 1.05 bits per heavy atom. The number of aliphatic hydroxyl groups is 1. The first-order chi connectivity index (χ1) is 8.47. The lowest BCUT2D eigenvalue weighted by molar-refractivity contribution is 0.133. The summed E-state index contributed by atoms with van der Waals surface area (Å²) in [5.41, 5.74) is 0. The maximum absolute atomic E-state index is 9.49. The van der Waals surface area contributed by atoms with Crippen molar-refractivity contribution in [2.24, 2.45) is 0 Å². The summed E-state index contributed by atoms with van der Waals surface area (Å²) in [7, 11) is 4.13. The van der Waals surface area contributed by atoms with E-state index in [-0.39, 0.29) is 23.9 Å². The lowest BCUT2D eigenvalue weighted by Crippen LogP contribution is -2.33. The summed E-state index contributed by atoms with van der Waals surface area (Å²) in [6.45, 7) is 4.09. The largest absolute Gasteiger partial charge is 0.393 e. The monoisotopic (exact) mass is 313 g/mol. The number of hydrogen-bond acceptors (Lipinski definition) is 2. The second kappa shape index (κ2) is 13.5. The number of hydrogen-bond donors (Lipinski definition) is 1. The molecule has 0 bridgehead atoms. The van der Waals surface area contributed by atoms with E-state index in [9.17, 15) is 5.11 Å². The Labute approximate surface area is 131 Å². The minimum Gasteiger partial charge on any atom is -0.393 e. The van der Waals surface area contributed by atoms with Gasteiger partial charge in [0.2, 0.25) is 0 Å². The van der Waals surface area contributed by atoms with Crippen LogP contribution in [0.5, 0.6) is 0 Å². The molecule has 0 saturated carbocycles. The van der Waals surface area contributed by atoms with E-state index in [1.165, 1.54) is 32.1 Å². The van der Waals surface area contributed by atoms with Gasteiger partial charge in [-0.25, -0.2) is 0 Å². The molecule has 0 aliphatic carbocycles. The molecule has 0 radical (unpaired) electrons. The van der Waals surface area contributed by atoms with Crippen LogP contribution < -0.4 is 0 Å². The van der Waals surface area contributed by atoms with Crippen molar-refractivity contribution in [2.45, 2.75) is 82.7 Å². The summed E-state index contributed by atoms with van der Waals surface area (Å²) in [4.78, 5) is 2.18. The van der Waals surface area contributed by atoms with Crippen LogP contribution in [0.2, 0.25) is 0 Å². The molecule has 0 fully saturated rings. The van der Waals surface area contributed by atoms with Crippen LogP contribution in [0.1, 0.15) is 65.2 Å². The molecule has 0 amide bonds. The van der Waals surface area contributed by atoms with Gasteiger partial charge in [-0.2, -0.15) is 0 Å². The second-order valence-electron chi connectivity index (χ2n) is 5.74. The molecule has 118 valence electrons. The highest BCUT2D eigenvalue weighted by atomic mass is 35.5. The standard InChI is InChI=1S/C15H32ClNO.ClH/c1-5-6-7-8-9-10-14(16)12-15(17(3)4)11-13(2)18;/h13-15,18H,5-12H2,1-4H3;1H. The summed E-state index contributed by atoms with van der Waals surface area (Å²) in [5, 5.41) is 9.74. The van der Waals surface area contributed by atoms with Crippen LogP contribution in [0.15, 0.2) is 0 Å². The number of aliphatic hydroxyl groups excluding tert-OH is 1. The zero-order valence-electron chi connectivity index (χ0n) is 13.1. The zero-order valence-corrected chi connectivity index (χ0v) is 14.6. The maximum Gasteiger partial charge on any atom is 0.0527 e. The SMILES string of the molecule is CCCCCCCC(Cl)CC(CC(C)O)N(C)C.Cl. The Bertz CT molecular complexity index is 189. The lowest BCUT2D eigenvalue weighted by atomic mass is 10.0. The molecule has 0 aromatic heterocycles. The van der Waals surface area contributed by atoms with Crippen molar-refractivity contribution in [3.8, 4) is 0 Å². The van der Waals surface area contributed by atoms with Crippen LogP contribution in [0.4, 0.5) is 0 Å². The van der Waals surface area contributed by atoms with Gasteiger partial charge < -0.3 is 10.0 Å². The Balaban J connectivity index is 0. The van der Waals surface area contributed by atoms with Crippen molar-refractivity contribution in [3.63, 3.8) is 0 Å². The minimum atomic E-state index is -0.245. The van der Waals surface area contributed by atoms with Gasteiger partial charge >= 0.3 is 0 Å². The van der Waals surface area contributed by atoms with E-state index in [4.69, 9.17) is 11.6 Å². The Morgan fingerprint density at radius 3 is 2.11 bits per heavy atom. The van der Waals surface area contributed by atoms with Crippen LogP contribution in [0.3, 0.4) is 0 Å². The lowest BCUT2D eigenvalue weighted by Gasteiger charge is -2.27. The highest BCUT2D eigenvalue weighted by Gasteiger charge is 2.18. The number of alkyl halides is 1. The topological polar surface area (TPSA) is 23.5 Å². The molecule has 0 saturated heterocycles. The van der Waals surface area contributed by atoms with Gasteiger partial charge in [0, 0.05) is 11.4 Å². The highest BCUT2D eigenvalue weighted by molar-refractivity contribution is 6.20. The van der Waals surface area contributed by atoms with Gasteiger partial charge in [-0.1, -0.05) is 39.0 Å². The normalized spacial score (nSPS) is 15.9. The van der Waals surface area contributed by atoms with Gasteiger partial charge in [0.25, 0.3) is 0 Å². The van der Waals surface area contributed by atoms with Gasteiger partial charge in [0.05, 0.1) is 6.10 Å². The second-order valence-corrected chi connectivity index (χ2v) is 6.36. The predicted octanol–water partition coefficient (Wildman–Crippen LogP) is 4.47. The molecule has 3 atom stereocenters. The predicted molar refractivity (Wildman–Crippen MR) is 88.7 cm³/mol. The summed E-state index contributed by atoms with van der Waals surface area (Å²) >= 11 is 6.41. The van der Waals surface area contributed by atoms with E-state index in [2.05, 4.69) is 25.9 Å². The van der Waals surface area contributed by atoms with Gasteiger partial charge in [0.1, 0.15) is 0 Å². The Morgan fingerprint density at radius 2 is 1.63 bits per heavy atom. The Kier molecular flexibility index (Phi) is 15.5. The quantitative estimate of drug-likeness (QED) is 0.449. The van der Waals surface area contributed by atoms with Crippen molar-refractivity contribution >= 4 is 24.0 Å². The zero-order chi connectivity index (χ0) is 14.0. The number of nitrogens with zero attached hydrogens (tertiary/aromatic N) is 1. The number of halogens is 2. The van der Waals surface area contributed by atoms with Crippen LogP contribution in [-0.4, -0.2) is 41.6 Å². The molecule has 0 rings (SSSR count). The third kappa shape index (κ3) is 13.2. The highest BCUT2D eigenvalue weighted by Crippen LogP contribution is 2.19. The Hall–Kier alpha value is 0.500. The molecule has 1 N–H and O–H groups in total. The van der Waals surface area contributed by atoms with Crippen LogP contribution in [0.25, 0.3) is 0 Å². The molecular formula is C15H33Cl2NO. The maximum atomic E-state index is 9.49. The smallest absolute Gasteiger partial charge is 0.0527 e. The number of unbranched alkanes of at least 4 members (excludes halogenated alkanes) is 4. The van der Waals surface area contributed by atoms with E-state index in [1.807, 2.05) is 6.92 Å². The van der Waals surface area contributed by atoms with Crippen molar-refractivity contribution in [1.82, 2.24) is 4.90 Å². The van der Waals surface area contributed by atoms with Gasteiger partial charge in [-0.15, -0.1) is 24.0 Å². The molecule has 3 unspecified atom stereocenters. The third-order valence-electron chi connectivity index (χ3n) is 3.49. The molecule has 4 heteroatoms. The third-order valence-corrected chi connectivity index (χ3v) is 3.89. The average molecular weight is 314 g/mol. The van der Waals surface area contributed by atoms with Gasteiger partial charge in [0.15, 0.2) is 0 Å². The fraction of sp³-hybridized carbons (Fsp3) is 1.00. The molecule has 0 spiro atoms. The van der Waals surface area contributed by atoms with Crippen molar-refractivity contribution in [1.29, 1.82) is 0 Å².